The van der Waals surface area contributed by atoms with Gasteiger partial charge in [-0.1, -0.05) is 13.0 Å². The lowest BCUT2D eigenvalue weighted by Gasteiger charge is -2.40. The predicted molar refractivity (Wildman–Crippen MR) is 71.0 cm³/mol. The van der Waals surface area contributed by atoms with Crippen molar-refractivity contribution in [3.05, 3.63) is 29.3 Å². The normalized spacial score (nSPS) is 30.4. The van der Waals surface area contributed by atoms with Crippen molar-refractivity contribution in [3.8, 4) is 5.75 Å². The molecule has 0 bridgehead atoms. The highest BCUT2D eigenvalue weighted by molar-refractivity contribution is 5.43. The lowest BCUT2D eigenvalue weighted by Crippen LogP contribution is -2.50. The number of hydrogen-bond acceptors (Lipinski definition) is 3. The molecule has 1 N–H and O–H groups in total. The minimum Gasteiger partial charge on any atom is -0.497 e. The molecule has 0 radical (unpaired) electrons. The Balaban J connectivity index is 1.96. The van der Waals surface area contributed by atoms with Crippen LogP contribution in [0.4, 0.5) is 0 Å². The fourth-order valence-corrected chi connectivity index (χ4v) is 3.17. The highest BCUT2D eigenvalue weighted by atomic mass is 16.5. The number of benzene rings is 1. The van der Waals surface area contributed by atoms with E-state index in [0.717, 1.165) is 38.1 Å². The maximum atomic E-state index is 6.39. The van der Waals surface area contributed by atoms with Gasteiger partial charge in [0.1, 0.15) is 11.4 Å². The Morgan fingerprint density at radius 1 is 1.50 bits per heavy atom. The van der Waals surface area contributed by atoms with Gasteiger partial charge in [-0.15, -0.1) is 0 Å². The van der Waals surface area contributed by atoms with Crippen molar-refractivity contribution < 1.29 is 9.47 Å². The van der Waals surface area contributed by atoms with Gasteiger partial charge in [-0.25, -0.2) is 0 Å². The van der Waals surface area contributed by atoms with E-state index in [4.69, 9.17) is 9.47 Å². The molecule has 2 unspecified atom stereocenters. The molecule has 3 rings (SSSR count). The Kier molecular flexibility index (Phi) is 3.04. The van der Waals surface area contributed by atoms with Crippen LogP contribution < -0.4 is 10.1 Å². The molecule has 1 aliphatic heterocycles. The summed E-state index contributed by atoms with van der Waals surface area (Å²) in [6, 6.07) is 6.38. The molecule has 1 aromatic rings. The average molecular weight is 247 g/mol. The number of aryl methyl sites for hydroxylation is 1. The van der Waals surface area contributed by atoms with E-state index in [1.807, 2.05) is 6.07 Å². The molecule has 98 valence electrons. The van der Waals surface area contributed by atoms with E-state index < -0.39 is 0 Å². The lowest BCUT2D eigenvalue weighted by molar-refractivity contribution is -0.121. The number of rotatable bonds is 2. The zero-order chi connectivity index (χ0) is 12.6. The van der Waals surface area contributed by atoms with Crippen LogP contribution in [0.15, 0.2) is 18.2 Å². The largest absolute Gasteiger partial charge is 0.497 e. The Morgan fingerprint density at radius 2 is 2.39 bits per heavy atom. The fraction of sp³-hybridized carbons (Fsp3) is 0.600. The van der Waals surface area contributed by atoms with E-state index in [9.17, 15) is 0 Å². The van der Waals surface area contributed by atoms with Crippen molar-refractivity contribution >= 4 is 0 Å². The second-order valence-electron chi connectivity index (χ2n) is 5.30. The molecule has 0 aromatic heterocycles. The molecule has 1 fully saturated rings. The minimum atomic E-state index is -0.122. The van der Waals surface area contributed by atoms with Crippen LogP contribution in [-0.4, -0.2) is 26.3 Å². The fourth-order valence-electron chi connectivity index (χ4n) is 3.17. The zero-order valence-corrected chi connectivity index (χ0v) is 11.2. The summed E-state index contributed by atoms with van der Waals surface area (Å²) in [5.41, 5.74) is 2.62. The first kappa shape index (κ1) is 12.0. The number of fused-ring (bicyclic) bond motifs is 2. The first-order chi connectivity index (χ1) is 8.77. The molecule has 18 heavy (non-hydrogen) atoms. The van der Waals surface area contributed by atoms with Crippen molar-refractivity contribution in [2.75, 3.05) is 20.2 Å². The van der Waals surface area contributed by atoms with Crippen LogP contribution in [0, 0.1) is 0 Å². The standard InChI is InChI=1S/C15H21NO2/c1-3-12-9-16-10-15(18-12)7-6-11-4-5-13(17-2)8-14(11)15/h4-5,8,12,16H,3,6-7,9-10H2,1-2H3. The van der Waals surface area contributed by atoms with Crippen molar-refractivity contribution in [2.45, 2.75) is 37.9 Å². The molecule has 3 heteroatoms. The van der Waals surface area contributed by atoms with Gasteiger partial charge in [-0.3, -0.25) is 0 Å². The summed E-state index contributed by atoms with van der Waals surface area (Å²) in [4.78, 5) is 0. The van der Waals surface area contributed by atoms with Crippen LogP contribution in [-0.2, 0) is 16.8 Å². The van der Waals surface area contributed by atoms with Gasteiger partial charge in [0.05, 0.1) is 13.2 Å². The summed E-state index contributed by atoms with van der Waals surface area (Å²) < 4.78 is 11.7. The van der Waals surface area contributed by atoms with E-state index in [-0.39, 0.29) is 5.60 Å². The number of hydrogen-bond donors (Lipinski definition) is 1. The van der Waals surface area contributed by atoms with Gasteiger partial charge in [0.25, 0.3) is 0 Å². The maximum absolute atomic E-state index is 6.39. The molecule has 3 nitrogen and oxygen atoms in total. The third kappa shape index (κ3) is 1.82. The quantitative estimate of drug-likeness (QED) is 0.869. The van der Waals surface area contributed by atoms with Crippen LogP contribution in [0.5, 0.6) is 5.75 Å². The summed E-state index contributed by atoms with van der Waals surface area (Å²) in [7, 11) is 1.72. The van der Waals surface area contributed by atoms with Gasteiger partial charge in [-0.2, -0.15) is 0 Å². The van der Waals surface area contributed by atoms with Gasteiger partial charge in [0, 0.05) is 13.1 Å². The molecular weight excluding hydrogens is 226 g/mol. The van der Waals surface area contributed by atoms with E-state index in [1.54, 1.807) is 7.11 Å². The molecule has 1 heterocycles. The van der Waals surface area contributed by atoms with Gasteiger partial charge >= 0.3 is 0 Å². The highest BCUT2D eigenvalue weighted by Gasteiger charge is 2.43. The molecular formula is C15H21NO2. The van der Waals surface area contributed by atoms with Crippen LogP contribution in [0.2, 0.25) is 0 Å². The average Bonchev–Trinajstić information content (AvgIpc) is 2.77. The second-order valence-corrected chi connectivity index (χ2v) is 5.30. The first-order valence-corrected chi connectivity index (χ1v) is 6.83. The summed E-state index contributed by atoms with van der Waals surface area (Å²) in [6.45, 7) is 4.08. The van der Waals surface area contributed by atoms with Gasteiger partial charge in [0.15, 0.2) is 0 Å². The number of nitrogens with one attached hydrogen (secondary N) is 1. The van der Waals surface area contributed by atoms with Crippen molar-refractivity contribution in [3.63, 3.8) is 0 Å². The minimum absolute atomic E-state index is 0.122. The number of ether oxygens (including phenoxy) is 2. The van der Waals surface area contributed by atoms with Crippen molar-refractivity contribution in [2.24, 2.45) is 0 Å². The molecule has 0 saturated carbocycles. The van der Waals surface area contributed by atoms with E-state index in [1.165, 1.54) is 11.1 Å². The van der Waals surface area contributed by atoms with Gasteiger partial charge in [0.2, 0.25) is 0 Å². The highest BCUT2D eigenvalue weighted by Crippen LogP contribution is 2.43. The molecule has 0 amide bonds. The number of morpholine rings is 1. The third-order valence-electron chi connectivity index (χ3n) is 4.24. The maximum Gasteiger partial charge on any atom is 0.119 e. The summed E-state index contributed by atoms with van der Waals surface area (Å²) in [5, 5.41) is 3.53. The third-order valence-corrected chi connectivity index (χ3v) is 4.24. The second kappa shape index (κ2) is 4.56. The SMILES string of the molecule is CCC1CNCC2(CCc3ccc(OC)cc32)O1. The molecule has 1 saturated heterocycles. The Morgan fingerprint density at radius 3 is 3.17 bits per heavy atom. The summed E-state index contributed by atoms with van der Waals surface area (Å²) in [6.07, 6.45) is 3.58. The van der Waals surface area contributed by atoms with Gasteiger partial charge in [-0.05, 0) is 42.5 Å². The summed E-state index contributed by atoms with van der Waals surface area (Å²) in [5.74, 6) is 0.928. The van der Waals surface area contributed by atoms with Crippen LogP contribution in [0.25, 0.3) is 0 Å². The molecule has 1 aliphatic carbocycles. The van der Waals surface area contributed by atoms with Crippen LogP contribution in [0.3, 0.4) is 0 Å². The Labute approximate surface area is 108 Å². The Bertz CT molecular complexity index is 442. The molecule has 2 atom stereocenters. The summed E-state index contributed by atoms with van der Waals surface area (Å²) >= 11 is 0. The Hall–Kier alpha value is -1.06. The molecule has 2 aliphatic rings. The van der Waals surface area contributed by atoms with Crippen LogP contribution in [0.1, 0.15) is 30.9 Å². The van der Waals surface area contributed by atoms with E-state index >= 15 is 0 Å². The van der Waals surface area contributed by atoms with Crippen molar-refractivity contribution in [1.29, 1.82) is 0 Å². The van der Waals surface area contributed by atoms with Crippen LogP contribution >= 0.6 is 0 Å². The predicted octanol–water partition coefficient (Wildman–Crippen LogP) is 2.24. The zero-order valence-electron chi connectivity index (χ0n) is 11.2. The lowest BCUT2D eigenvalue weighted by atomic mass is 9.93. The van der Waals surface area contributed by atoms with E-state index in [2.05, 4.69) is 24.4 Å². The molecule has 1 spiro atoms. The first-order valence-electron chi connectivity index (χ1n) is 6.83. The van der Waals surface area contributed by atoms with Crippen molar-refractivity contribution in [1.82, 2.24) is 5.32 Å². The monoisotopic (exact) mass is 247 g/mol. The topological polar surface area (TPSA) is 30.5 Å². The van der Waals surface area contributed by atoms with E-state index in [0.29, 0.717) is 6.10 Å². The molecule has 1 aromatic carbocycles. The smallest absolute Gasteiger partial charge is 0.119 e. The van der Waals surface area contributed by atoms with Gasteiger partial charge < -0.3 is 14.8 Å². The number of methoxy groups -OCH3 is 1.